The van der Waals surface area contributed by atoms with Crippen molar-refractivity contribution in [2.24, 2.45) is 0 Å². The van der Waals surface area contributed by atoms with E-state index in [4.69, 9.17) is 4.74 Å². The first-order valence-electron chi connectivity index (χ1n) is 5.94. The van der Waals surface area contributed by atoms with Crippen LogP contribution in [0.25, 0.3) is 0 Å². The zero-order valence-electron chi connectivity index (χ0n) is 10.4. The highest BCUT2D eigenvalue weighted by Crippen LogP contribution is 2.11. The molecule has 0 N–H and O–H groups in total. The van der Waals surface area contributed by atoms with Gasteiger partial charge < -0.3 is 9.47 Å². The summed E-state index contributed by atoms with van der Waals surface area (Å²) in [6.07, 6.45) is 3.65. The van der Waals surface area contributed by atoms with Gasteiger partial charge in [0.25, 0.3) is 0 Å². The second kappa shape index (κ2) is 6.42. The van der Waals surface area contributed by atoms with E-state index in [9.17, 15) is 4.79 Å². The van der Waals surface area contributed by atoms with Gasteiger partial charge in [0.15, 0.2) is 0 Å². The zero-order valence-corrected chi connectivity index (χ0v) is 10.4. The minimum Gasteiger partial charge on any atom is -0.469 e. The Morgan fingerprint density at radius 1 is 1.56 bits per heavy atom. The van der Waals surface area contributed by atoms with Gasteiger partial charge in [-0.1, -0.05) is 0 Å². The van der Waals surface area contributed by atoms with Crippen molar-refractivity contribution in [1.29, 1.82) is 0 Å². The molecule has 1 aliphatic heterocycles. The van der Waals surface area contributed by atoms with Gasteiger partial charge in [-0.3, -0.25) is 9.69 Å². The lowest BCUT2D eigenvalue weighted by atomic mass is 10.2. The number of hydrogen-bond acceptors (Lipinski definition) is 6. The van der Waals surface area contributed by atoms with Gasteiger partial charge in [0.1, 0.15) is 5.82 Å². The largest absolute Gasteiger partial charge is 0.469 e. The van der Waals surface area contributed by atoms with Crippen LogP contribution in [0.5, 0.6) is 0 Å². The molecule has 0 spiro atoms. The highest BCUT2D eigenvalue weighted by Gasteiger charge is 2.23. The van der Waals surface area contributed by atoms with Gasteiger partial charge in [-0.2, -0.15) is 0 Å². The third-order valence-electron chi connectivity index (χ3n) is 2.83. The topological polar surface area (TPSA) is 64.5 Å². The smallest absolute Gasteiger partial charge is 0.308 e. The predicted molar refractivity (Wildman–Crippen MR) is 63.7 cm³/mol. The van der Waals surface area contributed by atoms with Crippen LogP contribution in [0.3, 0.4) is 0 Å². The fourth-order valence-electron chi connectivity index (χ4n) is 1.93. The summed E-state index contributed by atoms with van der Waals surface area (Å²) in [6.45, 7) is 2.83. The summed E-state index contributed by atoms with van der Waals surface area (Å²) in [7, 11) is 1.39. The van der Waals surface area contributed by atoms with E-state index in [0.29, 0.717) is 26.1 Å². The lowest BCUT2D eigenvalue weighted by Gasteiger charge is -2.31. The van der Waals surface area contributed by atoms with Crippen LogP contribution in [0, 0.1) is 0 Å². The first-order valence-corrected chi connectivity index (χ1v) is 5.94. The van der Waals surface area contributed by atoms with E-state index in [1.807, 2.05) is 0 Å². The molecule has 6 nitrogen and oxygen atoms in total. The molecule has 98 valence electrons. The van der Waals surface area contributed by atoms with Gasteiger partial charge in [-0.05, 0) is 6.07 Å². The maximum Gasteiger partial charge on any atom is 0.308 e. The Hall–Kier alpha value is -1.53. The average molecular weight is 251 g/mol. The van der Waals surface area contributed by atoms with Gasteiger partial charge in [0.05, 0.1) is 32.8 Å². The Labute approximate surface area is 106 Å². The van der Waals surface area contributed by atoms with Crippen LogP contribution in [-0.4, -0.2) is 53.7 Å². The van der Waals surface area contributed by atoms with Crippen molar-refractivity contribution in [2.75, 3.05) is 26.8 Å². The summed E-state index contributed by atoms with van der Waals surface area (Å²) in [5.41, 5.74) is 0. The van der Waals surface area contributed by atoms with Crippen molar-refractivity contribution >= 4 is 5.97 Å². The molecule has 1 atom stereocenters. The molecule has 1 saturated heterocycles. The normalized spacial score (nSPS) is 20.6. The molecule has 1 aliphatic rings. The lowest BCUT2D eigenvalue weighted by Crippen LogP contribution is -2.43. The Bertz CT molecular complexity index is 385. The number of esters is 1. The number of ether oxygens (including phenoxy) is 2. The van der Waals surface area contributed by atoms with Crippen LogP contribution in [-0.2, 0) is 20.8 Å². The molecule has 1 fully saturated rings. The van der Waals surface area contributed by atoms with Gasteiger partial charge in [0.2, 0.25) is 0 Å². The summed E-state index contributed by atoms with van der Waals surface area (Å²) >= 11 is 0. The standard InChI is InChI=1S/C12H17N3O3/c1-17-12(16)7-10-8-15(5-6-18-10)9-11-13-3-2-4-14-11/h2-4,10H,5-9H2,1H3. The monoisotopic (exact) mass is 251 g/mol. The van der Waals surface area contributed by atoms with Crippen molar-refractivity contribution in [3.63, 3.8) is 0 Å². The van der Waals surface area contributed by atoms with Crippen LogP contribution >= 0.6 is 0 Å². The van der Waals surface area contributed by atoms with Gasteiger partial charge in [-0.25, -0.2) is 9.97 Å². The van der Waals surface area contributed by atoms with Crippen LogP contribution in [0.1, 0.15) is 12.2 Å². The number of nitrogens with zero attached hydrogens (tertiary/aromatic N) is 3. The highest BCUT2D eigenvalue weighted by atomic mass is 16.5. The molecule has 1 aromatic rings. The van der Waals surface area contributed by atoms with Crippen molar-refractivity contribution in [1.82, 2.24) is 14.9 Å². The Balaban J connectivity index is 1.85. The maximum atomic E-state index is 11.2. The van der Waals surface area contributed by atoms with Crippen LogP contribution in [0.4, 0.5) is 0 Å². The fraction of sp³-hybridized carbons (Fsp3) is 0.583. The molecule has 0 aliphatic carbocycles. The molecule has 1 aromatic heterocycles. The third-order valence-corrected chi connectivity index (χ3v) is 2.83. The van der Waals surface area contributed by atoms with E-state index in [1.54, 1.807) is 18.5 Å². The number of methoxy groups -OCH3 is 1. The van der Waals surface area contributed by atoms with E-state index < -0.39 is 0 Å². The number of aromatic nitrogens is 2. The predicted octanol–water partition coefficient (Wildman–Crippen LogP) is 0.240. The first-order chi connectivity index (χ1) is 8.78. The fourth-order valence-corrected chi connectivity index (χ4v) is 1.93. The summed E-state index contributed by atoms with van der Waals surface area (Å²) in [4.78, 5) is 21.8. The van der Waals surface area contributed by atoms with Crippen molar-refractivity contribution in [3.05, 3.63) is 24.3 Å². The Morgan fingerprint density at radius 2 is 2.33 bits per heavy atom. The van der Waals surface area contributed by atoms with Crippen molar-refractivity contribution in [2.45, 2.75) is 19.1 Å². The van der Waals surface area contributed by atoms with Gasteiger partial charge in [0, 0.05) is 25.5 Å². The second-order valence-corrected chi connectivity index (χ2v) is 4.17. The SMILES string of the molecule is COC(=O)CC1CN(Cc2ncccn2)CCO1. The quantitative estimate of drug-likeness (QED) is 0.714. The molecule has 0 aromatic carbocycles. The molecule has 6 heteroatoms. The number of carbonyl (C=O) groups is 1. The minimum atomic E-state index is -0.238. The summed E-state index contributed by atoms with van der Waals surface area (Å²) in [5, 5.41) is 0. The Morgan fingerprint density at radius 3 is 3.06 bits per heavy atom. The molecule has 2 heterocycles. The average Bonchev–Trinajstić information content (AvgIpc) is 2.40. The third kappa shape index (κ3) is 3.75. The molecule has 0 radical (unpaired) electrons. The molecular formula is C12H17N3O3. The van der Waals surface area contributed by atoms with E-state index in [1.165, 1.54) is 7.11 Å². The van der Waals surface area contributed by atoms with E-state index >= 15 is 0 Å². The maximum absolute atomic E-state index is 11.2. The molecule has 1 unspecified atom stereocenters. The lowest BCUT2D eigenvalue weighted by molar-refractivity contribution is -0.145. The second-order valence-electron chi connectivity index (χ2n) is 4.17. The molecule has 0 saturated carbocycles. The van der Waals surface area contributed by atoms with Crippen molar-refractivity contribution in [3.8, 4) is 0 Å². The van der Waals surface area contributed by atoms with Crippen LogP contribution in [0.2, 0.25) is 0 Å². The zero-order chi connectivity index (χ0) is 12.8. The molecule has 2 rings (SSSR count). The summed E-state index contributed by atoms with van der Waals surface area (Å²) in [6, 6.07) is 1.79. The number of morpholine rings is 1. The van der Waals surface area contributed by atoms with Crippen LogP contribution < -0.4 is 0 Å². The minimum absolute atomic E-state index is 0.102. The number of rotatable bonds is 4. The van der Waals surface area contributed by atoms with Crippen molar-refractivity contribution < 1.29 is 14.3 Å². The number of carbonyl (C=O) groups excluding carboxylic acids is 1. The molecule has 18 heavy (non-hydrogen) atoms. The van der Waals surface area contributed by atoms with E-state index in [-0.39, 0.29) is 12.1 Å². The van der Waals surface area contributed by atoms with Gasteiger partial charge in [-0.15, -0.1) is 0 Å². The molecular weight excluding hydrogens is 234 g/mol. The summed E-state index contributed by atoms with van der Waals surface area (Å²) < 4.78 is 10.2. The van der Waals surface area contributed by atoms with Gasteiger partial charge >= 0.3 is 5.97 Å². The van der Waals surface area contributed by atoms with Crippen LogP contribution in [0.15, 0.2) is 18.5 Å². The molecule has 0 bridgehead atoms. The molecule has 0 amide bonds. The number of hydrogen-bond donors (Lipinski definition) is 0. The van der Waals surface area contributed by atoms with E-state index in [2.05, 4.69) is 19.6 Å². The first kappa shape index (κ1) is 12.9. The summed E-state index contributed by atoms with van der Waals surface area (Å²) in [5.74, 6) is 0.550. The Kier molecular flexibility index (Phi) is 4.60. The van der Waals surface area contributed by atoms with E-state index in [0.717, 1.165) is 12.4 Å². The highest BCUT2D eigenvalue weighted by molar-refractivity contribution is 5.69.